The van der Waals surface area contributed by atoms with Crippen molar-refractivity contribution in [2.45, 2.75) is 86.5 Å². The van der Waals surface area contributed by atoms with Gasteiger partial charge in [0.25, 0.3) is 0 Å². The lowest BCUT2D eigenvalue weighted by Gasteiger charge is -2.60. The predicted molar refractivity (Wildman–Crippen MR) is 123 cm³/mol. The molecule has 3 heteroatoms. The highest BCUT2D eigenvalue weighted by atomic mass is 16.1. The van der Waals surface area contributed by atoms with Gasteiger partial charge in [-0.25, -0.2) is 0 Å². The first-order chi connectivity index (χ1) is 14.5. The van der Waals surface area contributed by atoms with Gasteiger partial charge in [-0.05, 0) is 66.8 Å². The Hall–Kier alpha value is -1.51. The first-order valence-electron chi connectivity index (χ1n) is 12.5. The third kappa shape index (κ3) is 3.09. The SMILES string of the molecule is CC(C)C(C)/C=C/[C@@H](C)[C@H]1CCC(=O)[C@]23CC(=O)C4=CC(=O)CC[C@]4(C)[C@H]2CC[C@]13C. The van der Waals surface area contributed by atoms with Crippen molar-refractivity contribution in [2.75, 3.05) is 0 Å². The van der Waals surface area contributed by atoms with Gasteiger partial charge in [0.1, 0.15) is 5.78 Å². The van der Waals surface area contributed by atoms with Gasteiger partial charge in [0.2, 0.25) is 0 Å². The Bertz CT molecular complexity index is 863. The van der Waals surface area contributed by atoms with E-state index in [4.69, 9.17) is 0 Å². The van der Waals surface area contributed by atoms with Gasteiger partial charge in [0.15, 0.2) is 11.6 Å². The van der Waals surface area contributed by atoms with E-state index in [0.717, 1.165) is 24.8 Å². The summed E-state index contributed by atoms with van der Waals surface area (Å²) in [5.74, 6) is 2.60. The van der Waals surface area contributed by atoms with E-state index in [-0.39, 0.29) is 28.3 Å². The summed E-state index contributed by atoms with van der Waals surface area (Å²) in [5, 5.41) is 0. The highest BCUT2D eigenvalue weighted by Crippen LogP contribution is 2.73. The van der Waals surface area contributed by atoms with E-state index in [9.17, 15) is 14.4 Å². The summed E-state index contributed by atoms with van der Waals surface area (Å²) >= 11 is 0. The molecule has 1 unspecified atom stereocenters. The average molecular weight is 425 g/mol. The zero-order chi connectivity index (χ0) is 22.8. The Morgan fingerprint density at radius 3 is 2.35 bits per heavy atom. The smallest absolute Gasteiger partial charge is 0.160 e. The maximum absolute atomic E-state index is 13.7. The quantitative estimate of drug-likeness (QED) is 0.511. The molecule has 0 radical (unpaired) electrons. The van der Waals surface area contributed by atoms with Crippen molar-refractivity contribution in [1.82, 2.24) is 0 Å². The molecule has 0 saturated heterocycles. The van der Waals surface area contributed by atoms with Crippen LogP contribution >= 0.6 is 0 Å². The molecular formula is C28H40O3. The number of carbonyl (C=O) groups excluding carboxylic acids is 3. The van der Waals surface area contributed by atoms with E-state index in [1.807, 2.05) is 0 Å². The zero-order valence-electron chi connectivity index (χ0n) is 20.3. The summed E-state index contributed by atoms with van der Waals surface area (Å²) < 4.78 is 0. The van der Waals surface area contributed by atoms with Crippen LogP contribution in [0.4, 0.5) is 0 Å². The van der Waals surface area contributed by atoms with Crippen LogP contribution in [0.2, 0.25) is 0 Å². The van der Waals surface area contributed by atoms with Crippen LogP contribution in [0.1, 0.15) is 86.5 Å². The highest BCUT2D eigenvalue weighted by Gasteiger charge is 2.72. The molecule has 4 rings (SSSR count). The van der Waals surface area contributed by atoms with Crippen LogP contribution in [-0.4, -0.2) is 17.3 Å². The highest BCUT2D eigenvalue weighted by molar-refractivity contribution is 6.08. The number of rotatable bonds is 4. The zero-order valence-corrected chi connectivity index (χ0v) is 20.3. The normalized spacial score (nSPS) is 42.3. The molecule has 1 spiro atoms. The van der Waals surface area contributed by atoms with Crippen molar-refractivity contribution in [3.8, 4) is 0 Å². The molecule has 4 aliphatic rings. The lowest BCUT2D eigenvalue weighted by Crippen LogP contribution is -2.61. The lowest BCUT2D eigenvalue weighted by atomic mass is 9.41. The molecule has 0 N–H and O–H groups in total. The number of hydrogen-bond donors (Lipinski definition) is 0. The van der Waals surface area contributed by atoms with E-state index in [0.29, 0.717) is 55.1 Å². The van der Waals surface area contributed by atoms with E-state index in [1.54, 1.807) is 6.08 Å². The summed E-state index contributed by atoms with van der Waals surface area (Å²) in [7, 11) is 0. The first-order valence-corrected chi connectivity index (χ1v) is 12.5. The molecule has 3 nitrogen and oxygen atoms in total. The monoisotopic (exact) mass is 424 g/mol. The number of fused-ring (bicyclic) bond motifs is 2. The Kier molecular flexibility index (Phi) is 5.50. The van der Waals surface area contributed by atoms with Gasteiger partial charge in [0, 0.05) is 35.7 Å². The topological polar surface area (TPSA) is 51.2 Å². The lowest BCUT2D eigenvalue weighted by molar-refractivity contribution is -0.164. The van der Waals surface area contributed by atoms with Crippen LogP contribution in [0.15, 0.2) is 23.8 Å². The minimum atomic E-state index is -0.550. The molecule has 0 aliphatic heterocycles. The molecule has 0 aromatic heterocycles. The van der Waals surface area contributed by atoms with Gasteiger partial charge in [0.05, 0.1) is 0 Å². The molecule has 170 valence electrons. The second-order valence-electron chi connectivity index (χ2n) is 11.9. The van der Waals surface area contributed by atoms with Crippen molar-refractivity contribution in [3.05, 3.63) is 23.8 Å². The fourth-order valence-electron chi connectivity index (χ4n) is 8.03. The number of allylic oxidation sites excluding steroid dienone is 4. The fourth-order valence-corrected chi connectivity index (χ4v) is 8.03. The van der Waals surface area contributed by atoms with Crippen LogP contribution in [-0.2, 0) is 14.4 Å². The Morgan fingerprint density at radius 2 is 1.68 bits per heavy atom. The fraction of sp³-hybridized carbons (Fsp3) is 0.750. The molecule has 0 aromatic carbocycles. The van der Waals surface area contributed by atoms with Crippen molar-refractivity contribution in [2.24, 2.45) is 45.8 Å². The molecule has 0 heterocycles. The molecule has 3 saturated carbocycles. The summed E-state index contributed by atoms with van der Waals surface area (Å²) in [6, 6.07) is 0. The van der Waals surface area contributed by atoms with Gasteiger partial charge in [-0.1, -0.05) is 53.7 Å². The van der Waals surface area contributed by atoms with Gasteiger partial charge >= 0.3 is 0 Å². The van der Waals surface area contributed by atoms with Crippen molar-refractivity contribution in [3.63, 3.8) is 0 Å². The van der Waals surface area contributed by atoms with Gasteiger partial charge in [-0.3, -0.25) is 14.4 Å². The summed E-state index contributed by atoms with van der Waals surface area (Å²) in [5.41, 5.74) is -0.310. The van der Waals surface area contributed by atoms with E-state index in [2.05, 4.69) is 53.7 Å². The van der Waals surface area contributed by atoms with E-state index < -0.39 is 5.41 Å². The van der Waals surface area contributed by atoms with Gasteiger partial charge in [-0.15, -0.1) is 0 Å². The minimum Gasteiger partial charge on any atom is -0.299 e. The number of ketones is 3. The third-order valence-corrected chi connectivity index (χ3v) is 10.3. The van der Waals surface area contributed by atoms with E-state index >= 15 is 0 Å². The van der Waals surface area contributed by atoms with Crippen molar-refractivity contribution < 1.29 is 14.4 Å². The molecule has 31 heavy (non-hydrogen) atoms. The molecule has 0 aromatic rings. The summed E-state index contributed by atoms with van der Waals surface area (Å²) in [6.45, 7) is 13.6. The number of carbonyl (C=O) groups is 3. The van der Waals surface area contributed by atoms with Crippen molar-refractivity contribution >= 4 is 17.3 Å². The number of hydrogen-bond acceptors (Lipinski definition) is 3. The predicted octanol–water partition coefficient (Wildman–Crippen LogP) is 6.12. The average Bonchev–Trinajstić information content (AvgIpc) is 3.03. The van der Waals surface area contributed by atoms with Gasteiger partial charge < -0.3 is 0 Å². The summed E-state index contributed by atoms with van der Waals surface area (Å²) in [6.07, 6.45) is 11.4. The number of Topliss-reactive ketones (excluding diaryl/α,β-unsaturated/α-hetero) is 2. The largest absolute Gasteiger partial charge is 0.299 e. The van der Waals surface area contributed by atoms with Crippen molar-refractivity contribution in [1.29, 1.82) is 0 Å². The molecule has 0 bridgehead atoms. The summed E-state index contributed by atoms with van der Waals surface area (Å²) in [4.78, 5) is 39.3. The first kappa shape index (κ1) is 22.7. The van der Waals surface area contributed by atoms with Crippen LogP contribution < -0.4 is 0 Å². The molecular weight excluding hydrogens is 384 g/mol. The Labute approximate surface area is 188 Å². The Balaban J connectivity index is 1.74. The maximum atomic E-state index is 13.7. The van der Waals surface area contributed by atoms with Crippen LogP contribution in [0.5, 0.6) is 0 Å². The standard InChI is InChI=1S/C28H40O3/c1-17(2)18(3)7-8-19(4)21-9-10-25(31)28-16-23(30)22-15-20(29)11-13-26(22,5)24(28)12-14-27(21,28)6/h7-8,15,17-19,21,24H,9-14,16H2,1-6H3/b8-7+/t18?,19-,21-,24-,26+,27-,28+/m1/s1. The molecule has 0 amide bonds. The van der Waals surface area contributed by atoms with Crippen LogP contribution in [0.25, 0.3) is 0 Å². The molecule has 4 aliphatic carbocycles. The molecule has 3 fully saturated rings. The second-order valence-corrected chi connectivity index (χ2v) is 11.9. The maximum Gasteiger partial charge on any atom is 0.160 e. The van der Waals surface area contributed by atoms with Gasteiger partial charge in [-0.2, -0.15) is 0 Å². The van der Waals surface area contributed by atoms with E-state index in [1.165, 1.54) is 0 Å². The third-order valence-electron chi connectivity index (χ3n) is 10.3. The second kappa shape index (κ2) is 7.52. The Morgan fingerprint density at radius 1 is 0.968 bits per heavy atom. The molecule has 7 atom stereocenters. The minimum absolute atomic E-state index is 0.0607. The van der Waals surface area contributed by atoms with Crippen LogP contribution in [0.3, 0.4) is 0 Å². The van der Waals surface area contributed by atoms with Crippen LogP contribution in [0, 0.1) is 45.8 Å².